The van der Waals surface area contributed by atoms with Crippen LogP contribution in [0.2, 0.25) is 5.02 Å². The summed E-state index contributed by atoms with van der Waals surface area (Å²) in [4.78, 5) is 10.6. The number of hydrogen-bond donors (Lipinski definition) is 0. The molecule has 0 amide bonds. The van der Waals surface area contributed by atoms with Crippen LogP contribution in [0.5, 0.6) is 0 Å². The van der Waals surface area contributed by atoms with Gasteiger partial charge in [-0.1, -0.05) is 17.7 Å². The predicted molar refractivity (Wildman–Crippen MR) is 86.2 cm³/mol. The fourth-order valence-electron chi connectivity index (χ4n) is 2.95. The molecular weight excluding hydrogens is 322 g/mol. The maximum absolute atomic E-state index is 13.3. The van der Waals surface area contributed by atoms with Gasteiger partial charge in [0, 0.05) is 22.4 Å². The van der Waals surface area contributed by atoms with Gasteiger partial charge in [0.2, 0.25) is 0 Å². The lowest BCUT2D eigenvalue weighted by atomic mass is 10.1. The molecule has 4 rings (SSSR count). The molecule has 2 aliphatic heterocycles. The lowest BCUT2D eigenvalue weighted by Crippen LogP contribution is -2.49. The Bertz CT molecular complexity index is 1050. The molecule has 2 heterocycles. The van der Waals surface area contributed by atoms with E-state index in [4.69, 9.17) is 11.6 Å². The van der Waals surface area contributed by atoms with E-state index in [0.29, 0.717) is 20.2 Å². The van der Waals surface area contributed by atoms with E-state index in [1.807, 2.05) is 0 Å². The monoisotopic (exact) mass is 329 g/mol. The molecule has 0 saturated carbocycles. The van der Waals surface area contributed by atoms with E-state index in [-0.39, 0.29) is 22.9 Å². The Labute approximate surface area is 134 Å². The van der Waals surface area contributed by atoms with Gasteiger partial charge in [0.25, 0.3) is 11.4 Å². The van der Waals surface area contributed by atoms with Gasteiger partial charge in [-0.3, -0.25) is 10.1 Å². The van der Waals surface area contributed by atoms with Crippen molar-refractivity contribution in [3.05, 3.63) is 72.4 Å². The topological polar surface area (TPSA) is 92.3 Å². The van der Waals surface area contributed by atoms with E-state index in [0.717, 1.165) is 0 Å². The quantitative estimate of drug-likeness (QED) is 0.262. The summed E-state index contributed by atoms with van der Waals surface area (Å²) in [6.07, 6.45) is 2.70. The Morgan fingerprint density at radius 2 is 1.96 bits per heavy atom. The maximum atomic E-state index is 13.3. The lowest BCUT2D eigenvalue weighted by molar-refractivity contribution is -0.385. The zero-order chi connectivity index (χ0) is 16.4. The summed E-state index contributed by atoms with van der Waals surface area (Å²) < 4.78 is -0.854. The fourth-order valence-corrected chi connectivity index (χ4v) is 3.13. The lowest BCUT2D eigenvalue weighted by Gasteiger charge is -2.30. The van der Waals surface area contributed by atoms with Crippen molar-refractivity contribution in [1.82, 2.24) is 4.65 Å². The van der Waals surface area contributed by atoms with Crippen molar-refractivity contribution in [2.45, 2.75) is 0 Å². The molecule has 8 heteroatoms. The molecule has 1 unspecified atom stereocenters. The van der Waals surface area contributed by atoms with Crippen LogP contribution < -0.4 is 15.1 Å². The third-order valence-electron chi connectivity index (χ3n) is 3.94. The molecule has 2 aromatic carbocycles. The zero-order valence-electron chi connectivity index (χ0n) is 11.5. The number of hydrogen-bond acceptors (Lipinski definition) is 4. The van der Waals surface area contributed by atoms with Crippen molar-refractivity contribution in [3.63, 3.8) is 0 Å². The molecular formula is C15H8ClN3O4. The Kier molecular flexibility index (Phi) is 2.65. The molecule has 0 aliphatic carbocycles. The van der Waals surface area contributed by atoms with Crippen LogP contribution in [0.15, 0.2) is 36.4 Å². The molecule has 0 saturated heterocycles. The smallest absolute Gasteiger partial charge is 0.391 e. The molecule has 0 N–H and O–H groups in total. The number of nitrogens with zero attached hydrogens (tertiary/aromatic N) is 3. The number of benzene rings is 2. The number of amidine groups is 1. The molecule has 0 spiro atoms. The second-order valence-electron chi connectivity index (χ2n) is 5.26. The number of para-hydroxylation sites is 1. The van der Waals surface area contributed by atoms with Crippen LogP contribution in [0.1, 0.15) is 0 Å². The van der Waals surface area contributed by atoms with Gasteiger partial charge >= 0.3 is 11.5 Å². The average Bonchev–Trinajstić information content (AvgIpc) is 2.73. The first kappa shape index (κ1) is 13.9. The molecule has 0 aromatic heterocycles. The van der Waals surface area contributed by atoms with E-state index in [2.05, 4.69) is 0 Å². The molecule has 2 aliphatic rings. The van der Waals surface area contributed by atoms with Crippen LogP contribution in [-0.4, -0.2) is 15.5 Å². The van der Waals surface area contributed by atoms with Crippen LogP contribution in [0.4, 0.5) is 17.1 Å². The molecule has 0 radical (unpaired) electrons. The number of nitro benzene ring substituents is 1. The van der Waals surface area contributed by atoms with Crippen LogP contribution >= 0.6 is 11.6 Å². The van der Waals surface area contributed by atoms with E-state index >= 15 is 0 Å². The number of fused-ring (bicyclic) bond motifs is 4. The van der Waals surface area contributed by atoms with Gasteiger partial charge in [-0.15, -0.1) is 4.74 Å². The van der Waals surface area contributed by atoms with Gasteiger partial charge in [-0.05, 0) is 23.4 Å². The average molecular weight is 330 g/mol. The van der Waals surface area contributed by atoms with Gasteiger partial charge in [-0.2, -0.15) is 4.65 Å². The zero-order valence-corrected chi connectivity index (χ0v) is 12.2. The van der Waals surface area contributed by atoms with Crippen LogP contribution in [0.3, 0.4) is 0 Å². The standard InChI is InChI=1S/C15H8ClN3O4/c16-11-5-4-9-7-14-17(20)12-2-1-3-13(18(21)22)15(12)19(14,23)8-10(9)6-11/h1-8H. The number of rotatable bonds is 1. The Balaban J connectivity index is 2.14. The van der Waals surface area contributed by atoms with Crippen molar-refractivity contribution < 1.29 is 9.66 Å². The van der Waals surface area contributed by atoms with E-state index < -0.39 is 9.57 Å². The number of hydroxylamine groups is 2. The highest BCUT2D eigenvalue weighted by Crippen LogP contribution is 2.46. The molecule has 2 aromatic rings. The predicted octanol–water partition coefficient (Wildman–Crippen LogP) is 1.84. The molecule has 1 atom stereocenters. The first-order valence-corrected chi connectivity index (χ1v) is 7.02. The van der Waals surface area contributed by atoms with Crippen LogP contribution in [0, 0.1) is 20.5 Å². The first-order valence-electron chi connectivity index (χ1n) is 6.64. The van der Waals surface area contributed by atoms with E-state index in [1.54, 1.807) is 18.2 Å². The van der Waals surface area contributed by atoms with Crippen LogP contribution in [0.25, 0.3) is 12.3 Å². The van der Waals surface area contributed by atoms with Gasteiger partial charge in [0.15, 0.2) is 0 Å². The number of halogens is 1. The highest BCUT2D eigenvalue weighted by molar-refractivity contribution is 6.30. The summed E-state index contributed by atoms with van der Waals surface area (Å²) in [5.74, 6) is -0.135. The largest absolute Gasteiger partial charge is 0.614 e. The summed E-state index contributed by atoms with van der Waals surface area (Å²) in [7, 11) is 0. The normalized spacial score (nSPS) is 21.0. The van der Waals surface area contributed by atoms with Gasteiger partial charge < -0.3 is 10.4 Å². The summed E-state index contributed by atoms with van der Waals surface area (Å²) in [5.41, 5.74) is -0.594. The number of quaternary nitrogens is 1. The number of nitro groups is 1. The van der Waals surface area contributed by atoms with Gasteiger partial charge in [-0.25, -0.2) is 0 Å². The van der Waals surface area contributed by atoms with E-state index in [1.165, 1.54) is 30.5 Å². The summed E-state index contributed by atoms with van der Waals surface area (Å²) in [6, 6.07) is 8.93. The van der Waals surface area contributed by atoms with Gasteiger partial charge in [0.1, 0.15) is 6.20 Å². The van der Waals surface area contributed by atoms with Crippen molar-refractivity contribution in [2.75, 3.05) is 0 Å². The van der Waals surface area contributed by atoms with Crippen molar-refractivity contribution in [3.8, 4) is 0 Å². The third-order valence-corrected chi connectivity index (χ3v) is 4.18. The first-order chi connectivity index (χ1) is 10.9. The van der Waals surface area contributed by atoms with Crippen LogP contribution in [-0.2, 0) is 0 Å². The highest BCUT2D eigenvalue weighted by atomic mass is 35.5. The minimum absolute atomic E-state index is 0.0180. The molecule has 23 heavy (non-hydrogen) atoms. The highest BCUT2D eigenvalue weighted by Gasteiger charge is 2.50. The van der Waals surface area contributed by atoms with Gasteiger partial charge in [0.05, 0.1) is 11.0 Å². The molecule has 114 valence electrons. The second-order valence-corrected chi connectivity index (χ2v) is 5.70. The Morgan fingerprint density at radius 3 is 2.70 bits per heavy atom. The fraction of sp³-hybridized carbons (Fsp3) is 0. The Morgan fingerprint density at radius 1 is 1.17 bits per heavy atom. The SMILES string of the molecule is O=[N+]([O-])c1cccc2c1[N+]1([O-])C=c3cc(Cl)ccc3=CC1=[N+]2[O-]. The van der Waals surface area contributed by atoms with Crippen molar-refractivity contribution >= 4 is 46.8 Å². The molecule has 0 bridgehead atoms. The van der Waals surface area contributed by atoms with Crippen molar-refractivity contribution in [1.29, 1.82) is 0 Å². The minimum atomic E-state index is -1.30. The molecule has 0 fully saturated rings. The second kappa shape index (κ2) is 4.39. The molecule has 7 nitrogen and oxygen atoms in total. The summed E-state index contributed by atoms with van der Waals surface area (Å²) in [5, 5.41) is 38.7. The summed E-state index contributed by atoms with van der Waals surface area (Å²) in [6.45, 7) is 0. The van der Waals surface area contributed by atoms with Crippen molar-refractivity contribution in [2.24, 2.45) is 0 Å². The maximum Gasteiger partial charge on any atom is 0.391 e. The van der Waals surface area contributed by atoms with E-state index in [9.17, 15) is 20.5 Å². The Hall–Kier alpha value is -2.74. The summed E-state index contributed by atoms with van der Waals surface area (Å²) >= 11 is 5.95. The third kappa shape index (κ3) is 1.75. The minimum Gasteiger partial charge on any atom is -0.614 e.